The van der Waals surface area contributed by atoms with Gasteiger partial charge >= 0.3 is 0 Å². The molecule has 1 aromatic rings. The van der Waals surface area contributed by atoms with Crippen LogP contribution in [0.4, 0.5) is 0 Å². The van der Waals surface area contributed by atoms with Crippen molar-refractivity contribution in [2.24, 2.45) is 0 Å². The number of aliphatic hydroxyl groups is 1. The molecule has 2 aliphatic heterocycles. The molecular formula is C23H33Cl2N3O4. The van der Waals surface area contributed by atoms with Crippen LogP contribution in [0.2, 0.25) is 10.0 Å². The van der Waals surface area contributed by atoms with Crippen LogP contribution in [0, 0.1) is 0 Å². The first kappa shape index (κ1) is 25.2. The molecule has 2 fully saturated rings. The van der Waals surface area contributed by atoms with E-state index in [1.165, 1.54) is 19.3 Å². The summed E-state index contributed by atoms with van der Waals surface area (Å²) in [6, 6.07) is 4.53. The molecule has 0 aliphatic carbocycles. The number of aliphatic hydroxyl groups excluding tert-OH is 1. The van der Waals surface area contributed by atoms with Crippen LogP contribution >= 0.6 is 23.2 Å². The summed E-state index contributed by atoms with van der Waals surface area (Å²) in [6.45, 7) is 3.20. The van der Waals surface area contributed by atoms with E-state index in [9.17, 15) is 14.7 Å². The molecule has 1 aromatic carbocycles. The SMILES string of the molecule is O=C(CCN1CCCCC1)N[C@H]1CC[C@H](CCNC(=O)c2cc(Cl)cc(Cl)c2)O[C@@H]1CO. The lowest BCUT2D eigenvalue weighted by molar-refractivity contribution is -0.128. The molecule has 0 unspecified atom stereocenters. The van der Waals surface area contributed by atoms with Gasteiger partial charge in [-0.1, -0.05) is 29.6 Å². The predicted octanol–water partition coefficient (Wildman–Crippen LogP) is 3.01. The van der Waals surface area contributed by atoms with Gasteiger partial charge < -0.3 is 25.4 Å². The van der Waals surface area contributed by atoms with E-state index in [2.05, 4.69) is 15.5 Å². The average Bonchev–Trinajstić information content (AvgIpc) is 2.78. The lowest BCUT2D eigenvalue weighted by atomic mass is 9.97. The number of hydrogen-bond acceptors (Lipinski definition) is 5. The Labute approximate surface area is 199 Å². The van der Waals surface area contributed by atoms with Crippen molar-refractivity contribution >= 4 is 35.0 Å². The van der Waals surface area contributed by atoms with Crippen LogP contribution in [0.15, 0.2) is 18.2 Å². The normalized spacial score (nSPS) is 24.2. The van der Waals surface area contributed by atoms with Crippen molar-refractivity contribution in [2.75, 3.05) is 32.8 Å². The Morgan fingerprint density at radius 1 is 1.09 bits per heavy atom. The van der Waals surface area contributed by atoms with Gasteiger partial charge in [-0.15, -0.1) is 0 Å². The highest BCUT2D eigenvalue weighted by Gasteiger charge is 2.31. The van der Waals surface area contributed by atoms with E-state index in [-0.39, 0.29) is 30.6 Å². The smallest absolute Gasteiger partial charge is 0.251 e. The van der Waals surface area contributed by atoms with Gasteiger partial charge in [0.15, 0.2) is 0 Å². The van der Waals surface area contributed by atoms with Crippen molar-refractivity contribution in [3.8, 4) is 0 Å². The first-order chi connectivity index (χ1) is 15.4. The number of carbonyl (C=O) groups excluding carboxylic acids is 2. The Bertz CT molecular complexity index is 753. The molecule has 0 aromatic heterocycles. The van der Waals surface area contributed by atoms with Crippen LogP contribution in [0.1, 0.15) is 55.3 Å². The molecule has 2 aliphatic rings. The number of ether oxygens (including phenoxy) is 1. The highest BCUT2D eigenvalue weighted by atomic mass is 35.5. The molecule has 2 saturated heterocycles. The van der Waals surface area contributed by atoms with Crippen molar-refractivity contribution < 1.29 is 19.4 Å². The fraction of sp³-hybridized carbons (Fsp3) is 0.652. The van der Waals surface area contributed by atoms with Gasteiger partial charge in [-0.2, -0.15) is 0 Å². The minimum atomic E-state index is -0.435. The van der Waals surface area contributed by atoms with E-state index in [0.717, 1.165) is 32.5 Å². The fourth-order valence-corrected chi connectivity index (χ4v) is 4.89. The summed E-state index contributed by atoms with van der Waals surface area (Å²) in [5.74, 6) is -0.240. The molecular weight excluding hydrogens is 453 g/mol. The van der Waals surface area contributed by atoms with Crippen LogP contribution in [0.25, 0.3) is 0 Å². The van der Waals surface area contributed by atoms with Crippen LogP contribution in [0.5, 0.6) is 0 Å². The van der Waals surface area contributed by atoms with Gasteiger partial charge in [-0.25, -0.2) is 0 Å². The Morgan fingerprint density at radius 2 is 1.81 bits per heavy atom. The third-order valence-corrected chi connectivity index (χ3v) is 6.56. The monoisotopic (exact) mass is 485 g/mol. The third-order valence-electron chi connectivity index (χ3n) is 6.12. The summed E-state index contributed by atoms with van der Waals surface area (Å²) in [7, 11) is 0. The summed E-state index contributed by atoms with van der Waals surface area (Å²) >= 11 is 11.9. The molecule has 0 bridgehead atoms. The number of carbonyl (C=O) groups is 2. The molecule has 0 spiro atoms. The number of nitrogens with one attached hydrogen (secondary N) is 2. The summed E-state index contributed by atoms with van der Waals surface area (Å²) in [4.78, 5) is 27.0. The molecule has 7 nitrogen and oxygen atoms in total. The van der Waals surface area contributed by atoms with E-state index in [0.29, 0.717) is 35.0 Å². The standard InChI is InChI=1S/C23H33Cl2N3O4/c24-17-12-16(13-18(25)14-17)23(31)26-8-6-19-4-5-20(21(15-29)32-19)27-22(30)7-11-28-9-2-1-3-10-28/h12-14,19-21,29H,1-11,15H2,(H,26,31)(H,27,30)/t19-,20+,21-/m1/s1. The first-order valence-electron chi connectivity index (χ1n) is 11.5. The van der Waals surface area contributed by atoms with Crippen LogP contribution < -0.4 is 10.6 Å². The van der Waals surface area contributed by atoms with Gasteiger partial charge in [0, 0.05) is 35.1 Å². The molecule has 32 heavy (non-hydrogen) atoms. The summed E-state index contributed by atoms with van der Waals surface area (Å²) in [6.07, 6.45) is 5.75. The number of nitrogens with zero attached hydrogens (tertiary/aromatic N) is 1. The van der Waals surface area contributed by atoms with Crippen molar-refractivity contribution in [1.29, 1.82) is 0 Å². The third kappa shape index (κ3) is 7.89. The van der Waals surface area contributed by atoms with Crippen molar-refractivity contribution in [2.45, 2.75) is 63.2 Å². The van der Waals surface area contributed by atoms with Crippen LogP contribution in [-0.4, -0.2) is 72.9 Å². The molecule has 2 amide bonds. The van der Waals surface area contributed by atoms with Gasteiger partial charge in [0.1, 0.15) is 6.10 Å². The summed E-state index contributed by atoms with van der Waals surface area (Å²) in [5, 5.41) is 16.5. The molecule has 3 atom stereocenters. The van der Waals surface area contributed by atoms with Gasteiger partial charge in [-0.3, -0.25) is 9.59 Å². The summed E-state index contributed by atoms with van der Waals surface area (Å²) < 4.78 is 6.00. The highest BCUT2D eigenvalue weighted by molar-refractivity contribution is 6.35. The van der Waals surface area contributed by atoms with Crippen molar-refractivity contribution in [1.82, 2.24) is 15.5 Å². The lowest BCUT2D eigenvalue weighted by Gasteiger charge is -2.36. The topological polar surface area (TPSA) is 90.9 Å². The molecule has 178 valence electrons. The quantitative estimate of drug-likeness (QED) is 0.499. The molecule has 3 N–H and O–H groups in total. The Kier molecular flexibility index (Phi) is 10.1. The van der Waals surface area contributed by atoms with E-state index in [4.69, 9.17) is 27.9 Å². The summed E-state index contributed by atoms with van der Waals surface area (Å²) in [5.41, 5.74) is 0.410. The number of likely N-dealkylation sites (tertiary alicyclic amines) is 1. The second-order valence-electron chi connectivity index (χ2n) is 8.59. The lowest BCUT2D eigenvalue weighted by Crippen LogP contribution is -2.51. The van der Waals surface area contributed by atoms with Gasteiger partial charge in [0.05, 0.1) is 18.8 Å². The fourth-order valence-electron chi connectivity index (χ4n) is 4.36. The highest BCUT2D eigenvalue weighted by Crippen LogP contribution is 2.22. The maximum absolute atomic E-state index is 12.4. The van der Waals surface area contributed by atoms with Gasteiger partial charge in [-0.05, 0) is 63.4 Å². The molecule has 3 rings (SSSR count). The van der Waals surface area contributed by atoms with E-state index in [1.54, 1.807) is 18.2 Å². The predicted molar refractivity (Wildman–Crippen MR) is 125 cm³/mol. The number of hydrogen-bond donors (Lipinski definition) is 3. The Hall–Kier alpha value is -1.38. The average molecular weight is 486 g/mol. The number of amides is 2. The second kappa shape index (κ2) is 12.8. The molecule has 0 radical (unpaired) electrons. The number of benzene rings is 1. The zero-order chi connectivity index (χ0) is 22.9. The molecule has 9 heteroatoms. The maximum Gasteiger partial charge on any atom is 0.251 e. The Balaban J connectivity index is 1.37. The minimum absolute atomic E-state index is 0.00789. The zero-order valence-corrected chi connectivity index (χ0v) is 19.8. The first-order valence-corrected chi connectivity index (χ1v) is 12.2. The van der Waals surface area contributed by atoms with E-state index >= 15 is 0 Å². The van der Waals surface area contributed by atoms with E-state index < -0.39 is 6.10 Å². The minimum Gasteiger partial charge on any atom is -0.394 e. The van der Waals surface area contributed by atoms with E-state index in [1.807, 2.05) is 0 Å². The largest absolute Gasteiger partial charge is 0.394 e. The van der Waals surface area contributed by atoms with Crippen molar-refractivity contribution in [3.63, 3.8) is 0 Å². The van der Waals surface area contributed by atoms with Crippen LogP contribution in [-0.2, 0) is 9.53 Å². The second-order valence-corrected chi connectivity index (χ2v) is 9.46. The number of rotatable bonds is 9. The molecule has 2 heterocycles. The maximum atomic E-state index is 12.4. The van der Waals surface area contributed by atoms with Gasteiger partial charge in [0.25, 0.3) is 5.91 Å². The number of piperidine rings is 1. The van der Waals surface area contributed by atoms with Crippen molar-refractivity contribution in [3.05, 3.63) is 33.8 Å². The molecule has 0 saturated carbocycles. The zero-order valence-electron chi connectivity index (χ0n) is 18.3. The Morgan fingerprint density at radius 3 is 2.50 bits per heavy atom. The number of halogens is 2. The van der Waals surface area contributed by atoms with Crippen LogP contribution in [0.3, 0.4) is 0 Å². The van der Waals surface area contributed by atoms with Gasteiger partial charge in [0.2, 0.25) is 5.91 Å².